The summed E-state index contributed by atoms with van der Waals surface area (Å²) in [6, 6.07) is 3.39. The van der Waals surface area contributed by atoms with Crippen LogP contribution >= 0.6 is 0 Å². The third kappa shape index (κ3) is 2.79. The maximum atomic E-state index is 10.9. The molecule has 0 heterocycles. The lowest BCUT2D eigenvalue weighted by Crippen LogP contribution is -2.06. The Balaban J connectivity index is 2.29. The van der Waals surface area contributed by atoms with E-state index < -0.39 is 9.85 Å². The first-order valence-electron chi connectivity index (χ1n) is 5.92. The number of hydrogen-bond donors (Lipinski definition) is 1. The lowest BCUT2D eigenvalue weighted by atomic mass is 10.1. The molecule has 0 saturated heterocycles. The van der Waals surface area contributed by atoms with Gasteiger partial charge in [0, 0.05) is 12.0 Å². The normalized spacial score (nSPS) is 19.2. The summed E-state index contributed by atoms with van der Waals surface area (Å²) in [7, 11) is 0. The molecule has 1 aromatic carbocycles. The fraction of sp³-hybridized carbons (Fsp3) is 0.250. The van der Waals surface area contributed by atoms with Gasteiger partial charge in [0.2, 0.25) is 0 Å². The van der Waals surface area contributed by atoms with Gasteiger partial charge in [-0.15, -0.1) is 0 Å². The van der Waals surface area contributed by atoms with Crippen molar-refractivity contribution in [2.24, 2.45) is 11.0 Å². The summed E-state index contributed by atoms with van der Waals surface area (Å²) in [5.41, 5.74) is 2.81. The highest BCUT2D eigenvalue weighted by Gasteiger charge is 2.20. The van der Waals surface area contributed by atoms with E-state index in [2.05, 4.69) is 10.5 Å². The molecule has 1 atom stereocenters. The molecule has 1 aliphatic carbocycles. The van der Waals surface area contributed by atoms with Crippen LogP contribution in [0.3, 0.4) is 0 Å². The van der Waals surface area contributed by atoms with Crippen LogP contribution in [0.1, 0.15) is 13.3 Å². The van der Waals surface area contributed by atoms with Crippen molar-refractivity contribution in [3.8, 4) is 0 Å². The number of nitrogens with zero attached hydrogens (tertiary/aromatic N) is 3. The SMILES string of the molecule is C[C@H]1CC=CC1=NNc1ccc([N+](=O)[O-])cc1[N+](=O)[O-]. The zero-order chi connectivity index (χ0) is 14.7. The number of hydrogen-bond acceptors (Lipinski definition) is 6. The average Bonchev–Trinajstić information content (AvgIpc) is 2.81. The van der Waals surface area contributed by atoms with Gasteiger partial charge in [0.1, 0.15) is 5.69 Å². The highest BCUT2D eigenvalue weighted by Crippen LogP contribution is 2.29. The molecule has 0 aliphatic heterocycles. The molecule has 0 bridgehead atoms. The Kier molecular flexibility index (Phi) is 3.74. The quantitative estimate of drug-likeness (QED) is 0.671. The van der Waals surface area contributed by atoms with Crippen molar-refractivity contribution in [3.05, 3.63) is 50.6 Å². The van der Waals surface area contributed by atoms with Crippen LogP contribution in [0.15, 0.2) is 35.5 Å². The zero-order valence-corrected chi connectivity index (χ0v) is 10.6. The second-order valence-corrected chi connectivity index (χ2v) is 4.40. The minimum Gasteiger partial charge on any atom is -0.271 e. The molecule has 20 heavy (non-hydrogen) atoms. The van der Waals surface area contributed by atoms with Crippen LogP contribution in [0.2, 0.25) is 0 Å². The molecule has 1 N–H and O–H groups in total. The van der Waals surface area contributed by atoms with E-state index >= 15 is 0 Å². The van der Waals surface area contributed by atoms with Crippen molar-refractivity contribution in [2.75, 3.05) is 5.43 Å². The molecule has 0 fully saturated rings. The third-order valence-electron chi connectivity index (χ3n) is 2.98. The van der Waals surface area contributed by atoms with E-state index in [0.29, 0.717) is 0 Å². The van der Waals surface area contributed by atoms with E-state index in [4.69, 9.17) is 0 Å². The standard InChI is InChI=1S/C12H12N4O4/c1-8-3-2-4-10(8)13-14-11-6-5-9(15(17)18)7-12(11)16(19)20/h2,4-8,14H,3H2,1H3/t8-/m0/s1. The van der Waals surface area contributed by atoms with E-state index in [0.717, 1.165) is 18.2 Å². The lowest BCUT2D eigenvalue weighted by Gasteiger charge is -2.05. The molecule has 1 aliphatic rings. The number of nitrogens with one attached hydrogen (secondary N) is 1. The lowest BCUT2D eigenvalue weighted by molar-refractivity contribution is -0.393. The van der Waals surface area contributed by atoms with Crippen LogP contribution < -0.4 is 5.43 Å². The summed E-state index contributed by atoms with van der Waals surface area (Å²) in [6.45, 7) is 1.99. The summed E-state index contributed by atoms with van der Waals surface area (Å²) in [6.07, 6.45) is 4.69. The first-order chi connectivity index (χ1) is 9.49. The Morgan fingerprint density at radius 2 is 2.05 bits per heavy atom. The van der Waals surface area contributed by atoms with Crippen LogP contribution in [0, 0.1) is 26.1 Å². The molecule has 104 valence electrons. The summed E-state index contributed by atoms with van der Waals surface area (Å²) >= 11 is 0. The molecule has 8 heteroatoms. The van der Waals surface area contributed by atoms with Crippen molar-refractivity contribution in [3.63, 3.8) is 0 Å². The molecule has 0 saturated carbocycles. The van der Waals surface area contributed by atoms with Crippen molar-refractivity contribution in [1.29, 1.82) is 0 Å². The predicted octanol–water partition coefficient (Wildman–Crippen LogP) is 2.87. The molecular formula is C12H12N4O4. The number of benzene rings is 1. The van der Waals surface area contributed by atoms with E-state index in [1.165, 1.54) is 12.1 Å². The summed E-state index contributed by atoms with van der Waals surface area (Å²) < 4.78 is 0. The number of allylic oxidation sites excluding steroid dienone is 2. The van der Waals surface area contributed by atoms with Crippen molar-refractivity contribution < 1.29 is 9.85 Å². The van der Waals surface area contributed by atoms with Crippen LogP contribution in [-0.2, 0) is 0 Å². The van der Waals surface area contributed by atoms with Gasteiger partial charge in [0.25, 0.3) is 5.69 Å². The molecule has 8 nitrogen and oxygen atoms in total. The van der Waals surface area contributed by atoms with Crippen molar-refractivity contribution in [1.82, 2.24) is 0 Å². The highest BCUT2D eigenvalue weighted by atomic mass is 16.6. The van der Waals surface area contributed by atoms with Crippen molar-refractivity contribution >= 4 is 22.8 Å². The second kappa shape index (κ2) is 5.47. The first-order valence-corrected chi connectivity index (χ1v) is 5.92. The van der Waals surface area contributed by atoms with Gasteiger partial charge in [-0.3, -0.25) is 25.7 Å². The first kappa shape index (κ1) is 13.7. The smallest absolute Gasteiger partial charge is 0.271 e. The predicted molar refractivity (Wildman–Crippen MR) is 73.7 cm³/mol. The topological polar surface area (TPSA) is 111 Å². The van der Waals surface area contributed by atoms with Crippen LogP contribution in [0.5, 0.6) is 0 Å². The number of non-ortho nitro benzene ring substituents is 1. The molecule has 0 amide bonds. The Morgan fingerprint density at radius 1 is 1.30 bits per heavy atom. The summed E-state index contributed by atoms with van der Waals surface area (Å²) in [5.74, 6) is 0.250. The number of nitro benzene ring substituents is 2. The number of anilines is 1. The van der Waals surface area contributed by atoms with Gasteiger partial charge >= 0.3 is 5.69 Å². The summed E-state index contributed by atoms with van der Waals surface area (Å²) in [5, 5.41) is 25.7. The fourth-order valence-electron chi connectivity index (χ4n) is 1.83. The Bertz CT molecular complexity index is 624. The Hall–Kier alpha value is -2.77. The van der Waals surface area contributed by atoms with Gasteiger partial charge in [-0.25, -0.2) is 0 Å². The number of nitro groups is 2. The minimum absolute atomic E-state index is 0.126. The number of rotatable bonds is 4. The third-order valence-corrected chi connectivity index (χ3v) is 2.98. The van der Waals surface area contributed by atoms with Gasteiger partial charge in [-0.05, 0) is 18.6 Å². The average molecular weight is 276 g/mol. The molecule has 0 spiro atoms. The second-order valence-electron chi connectivity index (χ2n) is 4.40. The minimum atomic E-state index is -0.677. The summed E-state index contributed by atoms with van der Waals surface area (Å²) in [4.78, 5) is 20.2. The van der Waals surface area contributed by atoms with Gasteiger partial charge in [0.05, 0.1) is 21.6 Å². The molecule has 0 unspecified atom stereocenters. The van der Waals surface area contributed by atoms with Crippen molar-refractivity contribution in [2.45, 2.75) is 13.3 Å². The van der Waals surface area contributed by atoms with Crippen LogP contribution in [0.4, 0.5) is 17.1 Å². The maximum Gasteiger partial charge on any atom is 0.301 e. The zero-order valence-electron chi connectivity index (χ0n) is 10.6. The highest BCUT2D eigenvalue weighted by molar-refractivity contribution is 5.99. The molecule has 2 rings (SSSR count). The van der Waals surface area contributed by atoms with E-state index in [1.807, 2.05) is 19.1 Å². The van der Waals surface area contributed by atoms with Gasteiger partial charge in [-0.2, -0.15) is 5.10 Å². The molecule has 0 aromatic heterocycles. The molecule has 0 radical (unpaired) electrons. The van der Waals surface area contributed by atoms with E-state index in [9.17, 15) is 20.2 Å². The Morgan fingerprint density at radius 3 is 2.60 bits per heavy atom. The van der Waals surface area contributed by atoms with Gasteiger partial charge < -0.3 is 0 Å². The van der Waals surface area contributed by atoms with Gasteiger partial charge in [0.15, 0.2) is 0 Å². The van der Waals surface area contributed by atoms with E-state index in [-0.39, 0.29) is 23.0 Å². The fourth-order valence-corrected chi connectivity index (χ4v) is 1.83. The largest absolute Gasteiger partial charge is 0.301 e. The number of hydrazone groups is 1. The monoisotopic (exact) mass is 276 g/mol. The van der Waals surface area contributed by atoms with E-state index in [1.54, 1.807) is 0 Å². The molecule has 1 aromatic rings. The Labute approximate surface area is 114 Å². The van der Waals surface area contributed by atoms with Crippen LogP contribution in [0.25, 0.3) is 0 Å². The van der Waals surface area contributed by atoms with Gasteiger partial charge in [-0.1, -0.05) is 13.0 Å². The molecular weight excluding hydrogens is 264 g/mol. The van der Waals surface area contributed by atoms with Crippen LogP contribution in [-0.4, -0.2) is 15.6 Å². The maximum absolute atomic E-state index is 10.9.